The van der Waals surface area contributed by atoms with Crippen LogP contribution in [-0.2, 0) is 9.59 Å². The van der Waals surface area contributed by atoms with Gasteiger partial charge in [0.15, 0.2) is 6.04 Å². The molecule has 0 fully saturated rings. The monoisotopic (exact) mass is 329 g/mol. The molecule has 0 bridgehead atoms. The number of rotatable bonds is 4. The third-order valence-electron chi connectivity index (χ3n) is 2.74. The summed E-state index contributed by atoms with van der Waals surface area (Å²) >= 11 is 0. The van der Waals surface area contributed by atoms with E-state index in [9.17, 15) is 14.4 Å². The molecule has 1 aromatic rings. The molecule has 0 aliphatic heterocycles. The maximum atomic E-state index is 12.1. The number of hydroxylamine groups is 1. The number of aliphatic hydroxyl groups excluding tert-OH is 1. The summed E-state index contributed by atoms with van der Waals surface area (Å²) in [6, 6.07) is 4.46. The van der Waals surface area contributed by atoms with E-state index in [0.717, 1.165) is 0 Å². The highest BCUT2D eigenvalue weighted by Gasteiger charge is 2.27. The fraction of sp³-hybridized carbons (Fsp3) is 0.188. The van der Waals surface area contributed by atoms with E-state index < -0.39 is 23.8 Å². The molecule has 1 aromatic carbocycles. The Morgan fingerprint density at radius 1 is 1.12 bits per heavy atom. The van der Waals surface area contributed by atoms with Gasteiger partial charge in [-0.3, -0.25) is 19.6 Å². The highest BCUT2D eigenvalue weighted by molar-refractivity contribution is 6.08. The van der Waals surface area contributed by atoms with Crippen molar-refractivity contribution in [3.05, 3.63) is 35.4 Å². The molecule has 1 unspecified atom stereocenters. The van der Waals surface area contributed by atoms with Crippen LogP contribution in [0.25, 0.3) is 0 Å². The first-order valence-electron chi connectivity index (χ1n) is 6.69. The molecule has 0 aliphatic carbocycles. The van der Waals surface area contributed by atoms with E-state index in [0.29, 0.717) is 5.56 Å². The zero-order chi connectivity index (χ0) is 17.9. The van der Waals surface area contributed by atoms with Crippen LogP contribution in [0.3, 0.4) is 0 Å². The second kappa shape index (κ2) is 9.64. The lowest BCUT2D eigenvalue weighted by Gasteiger charge is -2.15. The van der Waals surface area contributed by atoms with Crippen molar-refractivity contribution < 1.29 is 24.7 Å². The van der Waals surface area contributed by atoms with Crippen LogP contribution in [-0.4, -0.2) is 47.7 Å². The van der Waals surface area contributed by atoms with Crippen molar-refractivity contribution in [1.82, 2.24) is 16.1 Å². The lowest BCUT2D eigenvalue weighted by Crippen LogP contribution is -2.54. The number of benzene rings is 1. The molecular weight excluding hydrogens is 314 g/mol. The van der Waals surface area contributed by atoms with Gasteiger partial charge in [-0.1, -0.05) is 11.8 Å². The maximum Gasteiger partial charge on any atom is 0.275 e. The minimum atomic E-state index is -1.57. The van der Waals surface area contributed by atoms with Crippen LogP contribution in [0.2, 0.25) is 0 Å². The van der Waals surface area contributed by atoms with Crippen molar-refractivity contribution in [2.75, 3.05) is 13.7 Å². The molecule has 0 saturated heterocycles. The van der Waals surface area contributed by atoms with E-state index in [2.05, 4.69) is 34.3 Å². The summed E-state index contributed by atoms with van der Waals surface area (Å²) in [4.78, 5) is 35.0. The normalized spacial score (nSPS) is 10.1. The SMILES string of the molecule is CNC(=O)C(NC(=O)c1ccc(C#CC#CCO)cc1)C(=O)NO. The van der Waals surface area contributed by atoms with Crippen LogP contribution in [0, 0.1) is 23.7 Å². The van der Waals surface area contributed by atoms with Crippen molar-refractivity contribution in [3.8, 4) is 23.7 Å². The maximum absolute atomic E-state index is 12.1. The van der Waals surface area contributed by atoms with Crippen LogP contribution in [0.15, 0.2) is 24.3 Å². The molecule has 24 heavy (non-hydrogen) atoms. The molecule has 8 heteroatoms. The Bertz CT molecular complexity index is 719. The highest BCUT2D eigenvalue weighted by Crippen LogP contribution is 2.04. The van der Waals surface area contributed by atoms with Gasteiger partial charge in [0.2, 0.25) is 0 Å². The Hall–Kier alpha value is -3.33. The average Bonchev–Trinajstić information content (AvgIpc) is 2.62. The lowest BCUT2D eigenvalue weighted by atomic mass is 10.1. The molecule has 3 amide bonds. The molecule has 0 heterocycles. The predicted molar refractivity (Wildman–Crippen MR) is 83.4 cm³/mol. The quantitative estimate of drug-likeness (QED) is 0.196. The van der Waals surface area contributed by atoms with Gasteiger partial charge in [0, 0.05) is 18.2 Å². The van der Waals surface area contributed by atoms with Gasteiger partial charge < -0.3 is 15.7 Å². The molecule has 1 rings (SSSR count). The summed E-state index contributed by atoms with van der Waals surface area (Å²) in [5.41, 5.74) is 2.10. The van der Waals surface area contributed by atoms with Gasteiger partial charge in [0.25, 0.3) is 17.7 Å². The van der Waals surface area contributed by atoms with E-state index in [1.165, 1.54) is 24.7 Å². The van der Waals surface area contributed by atoms with Gasteiger partial charge in [0.05, 0.1) is 0 Å². The smallest absolute Gasteiger partial charge is 0.275 e. The minimum absolute atomic E-state index is 0.196. The zero-order valence-corrected chi connectivity index (χ0v) is 12.7. The largest absolute Gasteiger partial charge is 0.384 e. The first kappa shape index (κ1) is 18.7. The van der Waals surface area contributed by atoms with Crippen molar-refractivity contribution in [3.63, 3.8) is 0 Å². The lowest BCUT2D eigenvalue weighted by molar-refractivity contribution is -0.137. The van der Waals surface area contributed by atoms with Crippen LogP contribution >= 0.6 is 0 Å². The zero-order valence-electron chi connectivity index (χ0n) is 12.7. The molecule has 0 spiro atoms. The van der Waals surface area contributed by atoms with E-state index in [1.54, 1.807) is 12.1 Å². The molecular formula is C16H15N3O5. The third-order valence-corrected chi connectivity index (χ3v) is 2.74. The van der Waals surface area contributed by atoms with Crippen LogP contribution in [0.5, 0.6) is 0 Å². The van der Waals surface area contributed by atoms with Gasteiger partial charge in [0.1, 0.15) is 6.61 Å². The van der Waals surface area contributed by atoms with Crippen molar-refractivity contribution in [2.24, 2.45) is 0 Å². The second-order valence-corrected chi connectivity index (χ2v) is 4.28. The number of nitrogens with one attached hydrogen (secondary N) is 3. The van der Waals surface area contributed by atoms with Crippen LogP contribution in [0.1, 0.15) is 15.9 Å². The first-order valence-corrected chi connectivity index (χ1v) is 6.69. The molecule has 0 radical (unpaired) electrons. The topological polar surface area (TPSA) is 128 Å². The molecule has 124 valence electrons. The number of hydrogen-bond acceptors (Lipinski definition) is 5. The van der Waals surface area contributed by atoms with Crippen molar-refractivity contribution in [2.45, 2.75) is 6.04 Å². The first-order chi connectivity index (χ1) is 11.5. The van der Waals surface area contributed by atoms with E-state index in [4.69, 9.17) is 10.3 Å². The van der Waals surface area contributed by atoms with Gasteiger partial charge in [-0.25, -0.2) is 5.48 Å². The molecule has 0 saturated carbocycles. The van der Waals surface area contributed by atoms with E-state index in [1.807, 2.05) is 0 Å². The molecule has 5 N–H and O–H groups in total. The summed E-state index contributed by atoms with van der Waals surface area (Å²) in [6.07, 6.45) is 0. The molecule has 8 nitrogen and oxygen atoms in total. The fourth-order valence-corrected chi connectivity index (χ4v) is 1.57. The Balaban J connectivity index is 2.85. The predicted octanol–water partition coefficient (Wildman–Crippen LogP) is -1.62. The van der Waals surface area contributed by atoms with E-state index in [-0.39, 0.29) is 12.2 Å². The van der Waals surface area contributed by atoms with Crippen molar-refractivity contribution >= 4 is 17.7 Å². The minimum Gasteiger partial charge on any atom is -0.384 e. The Morgan fingerprint density at radius 3 is 2.33 bits per heavy atom. The number of hydrogen-bond donors (Lipinski definition) is 5. The fourth-order valence-electron chi connectivity index (χ4n) is 1.57. The number of aliphatic hydroxyl groups is 1. The standard InChI is InChI=1S/C16H15N3O5/c1-17-15(22)13(16(23)19-24)18-14(21)12-8-6-11(7-9-12)5-3-2-4-10-20/h6-9,13,20,24H,10H2,1H3,(H,17,22)(H,18,21)(H,19,23). The third kappa shape index (κ3) is 5.46. The average molecular weight is 329 g/mol. The number of likely N-dealkylation sites (N-methyl/N-ethyl adjacent to an activating group) is 1. The van der Waals surface area contributed by atoms with Gasteiger partial charge in [-0.05, 0) is 36.1 Å². The summed E-state index contributed by atoms with van der Waals surface area (Å²) in [5, 5.41) is 21.5. The number of carbonyl (C=O) groups excluding carboxylic acids is 3. The second-order valence-electron chi connectivity index (χ2n) is 4.28. The van der Waals surface area contributed by atoms with Crippen LogP contribution in [0.4, 0.5) is 0 Å². The molecule has 0 aromatic heterocycles. The van der Waals surface area contributed by atoms with Gasteiger partial charge in [-0.2, -0.15) is 0 Å². The molecule has 0 aliphatic rings. The summed E-state index contributed by atoms with van der Waals surface area (Å²) in [6.45, 7) is -0.276. The summed E-state index contributed by atoms with van der Waals surface area (Å²) in [7, 11) is 1.29. The van der Waals surface area contributed by atoms with Gasteiger partial charge >= 0.3 is 0 Å². The van der Waals surface area contributed by atoms with Crippen LogP contribution < -0.4 is 16.1 Å². The summed E-state index contributed by atoms with van der Waals surface area (Å²) < 4.78 is 0. The molecule has 1 atom stereocenters. The Kier molecular flexibility index (Phi) is 7.52. The van der Waals surface area contributed by atoms with Gasteiger partial charge in [-0.15, -0.1) is 0 Å². The van der Waals surface area contributed by atoms with Crippen molar-refractivity contribution in [1.29, 1.82) is 0 Å². The summed E-state index contributed by atoms with van der Waals surface area (Å²) in [5.74, 6) is 7.53. The highest BCUT2D eigenvalue weighted by atomic mass is 16.5. The Morgan fingerprint density at radius 2 is 1.79 bits per heavy atom. The number of amides is 3. The van der Waals surface area contributed by atoms with E-state index >= 15 is 0 Å². The Labute approximate surface area is 138 Å². The number of carbonyl (C=O) groups is 3.